The molecule has 25 heavy (non-hydrogen) atoms. The van der Waals surface area contributed by atoms with E-state index in [1.165, 1.54) is 4.90 Å². The Morgan fingerprint density at radius 3 is 2.64 bits per heavy atom. The molecule has 1 fully saturated rings. The van der Waals surface area contributed by atoms with E-state index in [9.17, 15) is 9.59 Å². The molecule has 6 heteroatoms. The van der Waals surface area contributed by atoms with Gasteiger partial charge in [-0.05, 0) is 37.6 Å². The van der Waals surface area contributed by atoms with E-state index in [0.29, 0.717) is 16.3 Å². The molecule has 0 aliphatic carbocycles. The van der Waals surface area contributed by atoms with E-state index in [0.717, 1.165) is 5.56 Å². The average molecular weight is 359 g/mol. The molecule has 2 aromatic carbocycles. The molecule has 3 rings (SSSR count). The number of benzene rings is 2. The average Bonchev–Trinajstić information content (AvgIpc) is 2.79. The lowest BCUT2D eigenvalue weighted by molar-refractivity contribution is -0.131. The summed E-state index contributed by atoms with van der Waals surface area (Å²) in [6.45, 7) is 4.02. The van der Waals surface area contributed by atoms with Gasteiger partial charge in [-0.15, -0.1) is 0 Å². The van der Waals surface area contributed by atoms with E-state index in [-0.39, 0.29) is 19.1 Å². The van der Waals surface area contributed by atoms with Crippen LogP contribution in [0.1, 0.15) is 18.1 Å². The van der Waals surface area contributed by atoms with Crippen LogP contribution in [0, 0.1) is 6.92 Å². The number of urea groups is 1. The van der Waals surface area contributed by atoms with Crippen LogP contribution in [0.4, 0.5) is 4.79 Å². The maximum Gasteiger partial charge on any atom is 0.325 e. The third-order valence-corrected chi connectivity index (χ3v) is 4.59. The highest BCUT2D eigenvalue weighted by Crippen LogP contribution is 2.33. The van der Waals surface area contributed by atoms with Crippen molar-refractivity contribution in [3.63, 3.8) is 0 Å². The molecule has 1 atom stereocenters. The number of carbonyl (C=O) groups excluding carboxylic acids is 2. The zero-order valence-corrected chi connectivity index (χ0v) is 14.8. The van der Waals surface area contributed by atoms with Crippen molar-refractivity contribution in [1.82, 2.24) is 10.2 Å². The van der Waals surface area contributed by atoms with Gasteiger partial charge < -0.3 is 10.1 Å². The summed E-state index contributed by atoms with van der Waals surface area (Å²) in [4.78, 5) is 26.3. The van der Waals surface area contributed by atoms with E-state index in [1.54, 1.807) is 31.2 Å². The molecule has 0 spiro atoms. The lowest BCUT2D eigenvalue weighted by atomic mass is 9.92. The van der Waals surface area contributed by atoms with Gasteiger partial charge in [0, 0.05) is 10.6 Å². The summed E-state index contributed by atoms with van der Waals surface area (Å²) in [5, 5.41) is 3.18. The van der Waals surface area contributed by atoms with E-state index in [4.69, 9.17) is 16.3 Å². The van der Waals surface area contributed by atoms with Gasteiger partial charge in [-0.25, -0.2) is 4.79 Å². The van der Waals surface area contributed by atoms with Crippen molar-refractivity contribution in [3.05, 3.63) is 64.7 Å². The fraction of sp³-hybridized carbons (Fsp3) is 0.263. The molecular formula is C19H19ClN2O3. The third-order valence-electron chi connectivity index (χ3n) is 4.26. The summed E-state index contributed by atoms with van der Waals surface area (Å²) in [5.74, 6) is 0.374. The normalized spacial score (nSPS) is 19.9. The summed E-state index contributed by atoms with van der Waals surface area (Å²) in [5.41, 5.74) is 0.495. The van der Waals surface area contributed by atoms with Crippen molar-refractivity contribution in [2.24, 2.45) is 0 Å². The minimum absolute atomic E-state index is 0.165. The molecule has 3 amide bonds. The number of nitrogens with one attached hydrogen (secondary N) is 1. The summed E-state index contributed by atoms with van der Waals surface area (Å²) in [7, 11) is 0. The largest absolute Gasteiger partial charge is 0.492 e. The number of amides is 3. The Kier molecular flexibility index (Phi) is 4.68. The summed E-state index contributed by atoms with van der Waals surface area (Å²) in [6.07, 6.45) is 0. The molecule has 1 heterocycles. The van der Waals surface area contributed by atoms with Gasteiger partial charge >= 0.3 is 6.03 Å². The summed E-state index contributed by atoms with van der Waals surface area (Å²) >= 11 is 6.21. The fourth-order valence-electron chi connectivity index (χ4n) is 2.91. The lowest BCUT2D eigenvalue weighted by Gasteiger charge is -2.23. The predicted molar refractivity (Wildman–Crippen MR) is 95.7 cm³/mol. The predicted octanol–water partition coefficient (Wildman–Crippen LogP) is 3.49. The van der Waals surface area contributed by atoms with Crippen molar-refractivity contribution in [3.8, 4) is 5.75 Å². The highest BCUT2D eigenvalue weighted by molar-refractivity contribution is 6.32. The molecule has 1 aliphatic rings. The minimum atomic E-state index is -1.17. The van der Waals surface area contributed by atoms with Crippen LogP contribution < -0.4 is 10.1 Å². The second-order valence-corrected chi connectivity index (χ2v) is 6.56. The van der Waals surface area contributed by atoms with Gasteiger partial charge in [-0.3, -0.25) is 9.69 Å². The highest BCUT2D eigenvalue weighted by Gasteiger charge is 2.49. The zero-order valence-electron chi connectivity index (χ0n) is 14.1. The van der Waals surface area contributed by atoms with E-state index < -0.39 is 11.6 Å². The van der Waals surface area contributed by atoms with Crippen molar-refractivity contribution >= 4 is 23.5 Å². The molecule has 130 valence electrons. The van der Waals surface area contributed by atoms with Crippen LogP contribution in [0.2, 0.25) is 5.02 Å². The molecule has 1 saturated heterocycles. The van der Waals surface area contributed by atoms with E-state index >= 15 is 0 Å². The second kappa shape index (κ2) is 6.76. The number of carbonyl (C=O) groups is 2. The number of aryl methyl sites for hydroxylation is 1. The first-order valence-corrected chi connectivity index (χ1v) is 8.38. The van der Waals surface area contributed by atoms with Crippen LogP contribution >= 0.6 is 11.6 Å². The van der Waals surface area contributed by atoms with E-state index in [1.807, 2.05) is 31.2 Å². The fourth-order valence-corrected chi connectivity index (χ4v) is 3.23. The Labute approximate surface area is 151 Å². The number of halogens is 1. The monoisotopic (exact) mass is 358 g/mol. The van der Waals surface area contributed by atoms with Crippen molar-refractivity contribution < 1.29 is 14.3 Å². The van der Waals surface area contributed by atoms with Crippen LogP contribution in [-0.4, -0.2) is 30.0 Å². The number of hydrogen-bond donors (Lipinski definition) is 1. The van der Waals surface area contributed by atoms with Gasteiger partial charge in [0.1, 0.15) is 17.9 Å². The number of imide groups is 1. The number of nitrogens with zero attached hydrogens (tertiary/aromatic N) is 1. The smallest absolute Gasteiger partial charge is 0.325 e. The molecule has 1 N–H and O–H groups in total. The number of rotatable bonds is 5. The summed E-state index contributed by atoms with van der Waals surface area (Å²) < 4.78 is 5.64. The SMILES string of the molecule is Cc1cccc(OCCN2C(=O)N[C@@](C)(c3ccccc3Cl)C2=O)c1. The topological polar surface area (TPSA) is 58.6 Å². The van der Waals surface area contributed by atoms with Crippen LogP contribution in [0.3, 0.4) is 0 Å². The van der Waals surface area contributed by atoms with Crippen molar-refractivity contribution in [2.45, 2.75) is 19.4 Å². The maximum absolute atomic E-state index is 12.8. The molecule has 0 radical (unpaired) electrons. The Morgan fingerprint density at radius 2 is 1.92 bits per heavy atom. The zero-order chi connectivity index (χ0) is 18.0. The molecule has 0 bridgehead atoms. The molecule has 2 aromatic rings. The Bertz CT molecular complexity index is 824. The first-order chi connectivity index (χ1) is 11.9. The van der Waals surface area contributed by atoms with E-state index in [2.05, 4.69) is 5.32 Å². The standard InChI is InChI=1S/C19H19ClN2O3/c1-13-6-5-7-14(12-13)25-11-10-22-17(23)19(2,21-18(22)24)15-8-3-4-9-16(15)20/h3-9,12H,10-11H2,1-2H3,(H,21,24)/t19-/m0/s1. The molecule has 1 aliphatic heterocycles. The van der Waals surface area contributed by atoms with Gasteiger partial charge in [-0.2, -0.15) is 0 Å². The van der Waals surface area contributed by atoms with Crippen molar-refractivity contribution in [1.29, 1.82) is 0 Å². The Morgan fingerprint density at radius 1 is 1.16 bits per heavy atom. The third kappa shape index (κ3) is 3.33. The van der Waals surface area contributed by atoms with Crippen LogP contribution in [0.15, 0.2) is 48.5 Å². The molecule has 0 unspecified atom stereocenters. The number of hydrogen-bond acceptors (Lipinski definition) is 3. The van der Waals surface area contributed by atoms with Gasteiger partial charge in [0.2, 0.25) is 0 Å². The van der Waals surface area contributed by atoms with Gasteiger partial charge in [0.25, 0.3) is 5.91 Å². The number of ether oxygens (including phenoxy) is 1. The Hall–Kier alpha value is -2.53. The first kappa shape index (κ1) is 17.3. The first-order valence-electron chi connectivity index (χ1n) is 8.00. The molecule has 5 nitrogen and oxygen atoms in total. The van der Waals surface area contributed by atoms with Gasteiger partial charge in [0.15, 0.2) is 0 Å². The Balaban J connectivity index is 1.70. The van der Waals surface area contributed by atoms with Gasteiger partial charge in [0.05, 0.1) is 6.54 Å². The van der Waals surface area contributed by atoms with Gasteiger partial charge in [-0.1, -0.05) is 41.9 Å². The van der Waals surface area contributed by atoms with Crippen LogP contribution in [-0.2, 0) is 10.3 Å². The minimum Gasteiger partial charge on any atom is -0.492 e. The second-order valence-electron chi connectivity index (χ2n) is 6.16. The highest BCUT2D eigenvalue weighted by atomic mass is 35.5. The summed E-state index contributed by atoms with van der Waals surface area (Å²) in [6, 6.07) is 14.2. The van der Waals surface area contributed by atoms with Crippen molar-refractivity contribution in [2.75, 3.05) is 13.2 Å². The lowest BCUT2D eigenvalue weighted by Crippen LogP contribution is -2.41. The van der Waals surface area contributed by atoms with Crippen LogP contribution in [0.25, 0.3) is 0 Å². The van der Waals surface area contributed by atoms with Crippen LogP contribution in [0.5, 0.6) is 5.75 Å². The molecule has 0 aromatic heterocycles. The maximum atomic E-state index is 12.8. The quantitative estimate of drug-likeness (QED) is 0.832. The molecular weight excluding hydrogens is 340 g/mol. The molecule has 0 saturated carbocycles.